The van der Waals surface area contributed by atoms with Crippen molar-refractivity contribution in [3.05, 3.63) is 24.3 Å². The number of carboxylic acids is 1. The van der Waals surface area contributed by atoms with Gasteiger partial charge in [0, 0.05) is 5.41 Å². The van der Waals surface area contributed by atoms with Gasteiger partial charge in [-0.3, -0.25) is 9.63 Å². The molecule has 1 heterocycles. The molecule has 0 aromatic rings. The van der Waals surface area contributed by atoms with Crippen LogP contribution >= 0.6 is 0 Å². The van der Waals surface area contributed by atoms with Crippen LogP contribution in [0, 0.1) is 45.8 Å². The lowest BCUT2D eigenvalue weighted by Gasteiger charge is -2.58. The Hall–Kier alpha value is -1.54. The third-order valence-corrected chi connectivity index (χ3v) is 10.2. The first-order valence-corrected chi connectivity index (χ1v) is 13.3. The molecule has 4 aliphatic carbocycles. The molecule has 5 rings (SSSR count). The van der Waals surface area contributed by atoms with Crippen LogP contribution in [0.3, 0.4) is 0 Å². The Kier molecular flexibility index (Phi) is 6.31. The summed E-state index contributed by atoms with van der Waals surface area (Å²) in [6.45, 7) is 13.9. The molecule has 194 valence electrons. The maximum Gasteiger partial charge on any atom is 0.315 e. The first-order valence-electron chi connectivity index (χ1n) is 13.3. The van der Waals surface area contributed by atoms with Crippen molar-refractivity contribution in [3.8, 4) is 0 Å². The van der Waals surface area contributed by atoms with Gasteiger partial charge in [-0.25, -0.2) is 0 Å². The van der Waals surface area contributed by atoms with Crippen molar-refractivity contribution in [2.45, 2.75) is 65.8 Å². The summed E-state index contributed by atoms with van der Waals surface area (Å²) in [6.07, 6.45) is 7.79. The normalized spacial score (nSPS) is 46.5. The minimum absolute atomic E-state index is 0.0214. The highest BCUT2D eigenvalue weighted by Gasteiger charge is 2.84. The van der Waals surface area contributed by atoms with Crippen LogP contribution in [0.1, 0.15) is 53.4 Å². The van der Waals surface area contributed by atoms with E-state index in [9.17, 15) is 14.7 Å². The summed E-state index contributed by atoms with van der Waals surface area (Å²) in [5, 5.41) is 12.9. The molecule has 4 bridgehead atoms. The van der Waals surface area contributed by atoms with Crippen molar-refractivity contribution in [1.29, 1.82) is 0 Å². The van der Waals surface area contributed by atoms with Crippen molar-refractivity contribution in [3.63, 3.8) is 0 Å². The molecule has 1 saturated heterocycles. The largest absolute Gasteiger partial charge is 0.481 e. The van der Waals surface area contributed by atoms with Gasteiger partial charge in [-0.1, -0.05) is 44.9 Å². The van der Waals surface area contributed by atoms with Gasteiger partial charge in [0.1, 0.15) is 11.7 Å². The van der Waals surface area contributed by atoms with Gasteiger partial charge in [0.15, 0.2) is 6.29 Å². The third-order valence-electron chi connectivity index (χ3n) is 10.2. The quantitative estimate of drug-likeness (QED) is 0.387. The van der Waals surface area contributed by atoms with E-state index in [1.807, 2.05) is 12.0 Å². The molecule has 5 aliphatic rings. The number of fused-ring (bicyclic) bond motifs is 2. The summed E-state index contributed by atoms with van der Waals surface area (Å²) in [5.41, 5.74) is -1.79. The number of ether oxygens (including phenoxy) is 2. The second-order valence-corrected chi connectivity index (χ2v) is 12.1. The van der Waals surface area contributed by atoms with Crippen molar-refractivity contribution in [1.82, 2.24) is 5.06 Å². The zero-order valence-electron chi connectivity index (χ0n) is 21.6. The fourth-order valence-corrected chi connectivity index (χ4v) is 9.10. The van der Waals surface area contributed by atoms with E-state index in [1.54, 1.807) is 6.08 Å². The lowest BCUT2D eigenvalue weighted by Crippen LogP contribution is -2.64. The fraction of sp³-hybridized carbons (Fsp3) is 0.786. The zero-order chi connectivity index (χ0) is 25.2. The van der Waals surface area contributed by atoms with Gasteiger partial charge < -0.3 is 19.4 Å². The van der Waals surface area contributed by atoms with Crippen LogP contribution < -0.4 is 0 Å². The second kappa shape index (κ2) is 8.79. The number of carbonyl (C=O) groups excluding carboxylic acids is 1. The molecule has 1 aliphatic heterocycles. The third kappa shape index (κ3) is 3.24. The van der Waals surface area contributed by atoms with Crippen LogP contribution in [-0.4, -0.2) is 61.1 Å². The molecule has 9 atom stereocenters. The average molecular weight is 488 g/mol. The molecule has 7 nitrogen and oxygen atoms in total. The number of aldehydes is 1. The van der Waals surface area contributed by atoms with E-state index in [1.165, 1.54) is 0 Å². The number of hydroxylamine groups is 2. The van der Waals surface area contributed by atoms with E-state index >= 15 is 0 Å². The molecular formula is C28H41NO6. The molecule has 1 N–H and O–H groups in total. The van der Waals surface area contributed by atoms with Crippen molar-refractivity contribution in [2.24, 2.45) is 45.8 Å². The molecule has 4 fully saturated rings. The van der Waals surface area contributed by atoms with E-state index in [2.05, 4.69) is 33.4 Å². The number of rotatable bonds is 9. The number of aliphatic carboxylic acids is 1. The molecule has 0 aromatic carbocycles. The Labute approximate surface area is 208 Å². The number of allylic oxidation sites excluding steroid dienone is 1. The van der Waals surface area contributed by atoms with Gasteiger partial charge in [-0.05, 0) is 55.8 Å². The predicted octanol–water partition coefficient (Wildman–Crippen LogP) is 4.09. The highest BCUT2D eigenvalue weighted by molar-refractivity contribution is 5.90. The highest BCUT2D eigenvalue weighted by Crippen LogP contribution is 2.82. The van der Waals surface area contributed by atoms with Crippen LogP contribution in [0.5, 0.6) is 0 Å². The summed E-state index contributed by atoms with van der Waals surface area (Å²) in [4.78, 5) is 32.4. The number of carbonyl (C=O) groups is 2. The van der Waals surface area contributed by atoms with E-state index in [-0.39, 0.29) is 30.5 Å². The van der Waals surface area contributed by atoms with Gasteiger partial charge >= 0.3 is 5.97 Å². The Morgan fingerprint density at radius 1 is 1.31 bits per heavy atom. The van der Waals surface area contributed by atoms with E-state index in [0.29, 0.717) is 38.0 Å². The number of nitrogens with zero attached hydrogens (tertiary/aromatic N) is 1. The van der Waals surface area contributed by atoms with Crippen molar-refractivity contribution in [2.75, 3.05) is 26.3 Å². The molecule has 0 radical (unpaired) electrons. The van der Waals surface area contributed by atoms with Crippen molar-refractivity contribution < 1.29 is 29.0 Å². The van der Waals surface area contributed by atoms with Crippen LogP contribution in [-0.2, 0) is 23.9 Å². The zero-order valence-corrected chi connectivity index (χ0v) is 21.6. The lowest BCUT2D eigenvalue weighted by molar-refractivity contribution is -0.289. The Bertz CT molecular complexity index is 917. The Balaban J connectivity index is 1.52. The molecule has 0 aromatic heterocycles. The molecule has 1 unspecified atom stereocenters. The average Bonchev–Trinajstić information content (AvgIpc) is 3.38. The minimum Gasteiger partial charge on any atom is -0.481 e. The summed E-state index contributed by atoms with van der Waals surface area (Å²) in [7, 11) is 0. The number of carboxylic acid groups (broad SMARTS) is 1. The maximum atomic E-state index is 13.5. The van der Waals surface area contributed by atoms with Gasteiger partial charge in [-0.2, -0.15) is 5.06 Å². The molecule has 7 heteroatoms. The first kappa shape index (κ1) is 25.1. The summed E-state index contributed by atoms with van der Waals surface area (Å²) >= 11 is 0. The highest BCUT2D eigenvalue weighted by atomic mass is 16.7. The second-order valence-electron chi connectivity index (χ2n) is 12.1. The maximum absolute atomic E-state index is 13.5. The van der Waals surface area contributed by atoms with Gasteiger partial charge in [-0.15, -0.1) is 6.58 Å². The van der Waals surface area contributed by atoms with Crippen LogP contribution in [0.4, 0.5) is 0 Å². The van der Waals surface area contributed by atoms with Crippen LogP contribution in [0.15, 0.2) is 24.3 Å². The standard InChI is InChI=1S/C28H41NO6/c1-6-9-34-29-13-19(5)35-24(14-29)33-16-27-12-21-18(4)7-8-22(21)26(15-30)11-20(27)10-23(17(2)3)28(26,27)25(31)32/h6,10,15,17-22,24H,1,7-9,11-14,16H2,2-5H3,(H,31,32)/t18-,19-,20-,21-,22-,24-,26+,27?,28+/m1/s1. The summed E-state index contributed by atoms with van der Waals surface area (Å²) in [6, 6.07) is 0. The molecule has 0 spiro atoms. The summed E-state index contributed by atoms with van der Waals surface area (Å²) < 4.78 is 12.6. The topological polar surface area (TPSA) is 85.3 Å². The lowest BCUT2D eigenvalue weighted by atomic mass is 9.43. The first-order chi connectivity index (χ1) is 16.7. The molecule has 3 saturated carbocycles. The number of morpholine rings is 1. The summed E-state index contributed by atoms with van der Waals surface area (Å²) in [5.74, 6) is 0.186. The van der Waals surface area contributed by atoms with Gasteiger partial charge in [0.25, 0.3) is 0 Å². The van der Waals surface area contributed by atoms with Crippen molar-refractivity contribution >= 4 is 12.3 Å². The number of hydrogen-bond acceptors (Lipinski definition) is 6. The van der Waals surface area contributed by atoms with Gasteiger partial charge in [0.05, 0.1) is 37.8 Å². The number of hydrogen-bond donors (Lipinski definition) is 1. The molecule has 35 heavy (non-hydrogen) atoms. The SMILES string of the molecule is C=CCON1C[C@H](OCC23C[C@@H]4[C@H](C)CC[C@H]4[C@@]4(C=O)C[C@H]2C=C(C(C)C)[C@@]34C(=O)O)O[C@H](C)C1. The van der Waals surface area contributed by atoms with Crippen LogP contribution in [0.25, 0.3) is 0 Å². The van der Waals surface area contributed by atoms with E-state index < -0.39 is 28.5 Å². The van der Waals surface area contributed by atoms with E-state index in [4.69, 9.17) is 14.3 Å². The van der Waals surface area contributed by atoms with Crippen LogP contribution in [0.2, 0.25) is 0 Å². The molecular weight excluding hydrogens is 446 g/mol. The minimum atomic E-state index is -1.22. The van der Waals surface area contributed by atoms with E-state index in [0.717, 1.165) is 31.1 Å². The molecule has 0 amide bonds. The Morgan fingerprint density at radius 2 is 2.09 bits per heavy atom. The van der Waals surface area contributed by atoms with Gasteiger partial charge in [0.2, 0.25) is 0 Å². The monoisotopic (exact) mass is 487 g/mol. The predicted molar refractivity (Wildman–Crippen MR) is 130 cm³/mol. The fourth-order valence-electron chi connectivity index (χ4n) is 9.10. The Morgan fingerprint density at radius 3 is 2.74 bits per heavy atom. The smallest absolute Gasteiger partial charge is 0.315 e.